The molecule has 0 aliphatic heterocycles. The molecular formula is C14H19NO3. The highest BCUT2D eigenvalue weighted by molar-refractivity contribution is 5.77. The molecule has 0 amide bonds. The van der Waals surface area contributed by atoms with Crippen LogP contribution in [0.15, 0.2) is 30.3 Å². The smallest absolute Gasteiger partial charge is 0.327 e. The summed E-state index contributed by atoms with van der Waals surface area (Å²) in [5.41, 5.74) is 0.900. The van der Waals surface area contributed by atoms with Crippen LogP contribution in [-0.4, -0.2) is 29.8 Å². The molecule has 1 unspecified atom stereocenters. The number of rotatable bonds is 5. The third kappa shape index (κ3) is 3.09. The highest BCUT2D eigenvalue weighted by Crippen LogP contribution is 2.24. The molecule has 2 N–H and O–H groups in total. The number of nitrogens with one attached hydrogen (secondary N) is 1. The summed E-state index contributed by atoms with van der Waals surface area (Å²) in [6.07, 6.45) is 1.16. The van der Waals surface area contributed by atoms with E-state index in [0.717, 1.165) is 5.56 Å². The molecule has 1 aromatic carbocycles. The molecule has 2 rings (SSSR count). The van der Waals surface area contributed by atoms with Crippen LogP contribution in [-0.2, 0) is 9.53 Å². The molecule has 1 aromatic rings. The molecule has 1 saturated carbocycles. The number of esters is 1. The molecule has 1 aliphatic rings. The predicted molar refractivity (Wildman–Crippen MR) is 68.0 cm³/mol. The van der Waals surface area contributed by atoms with E-state index in [2.05, 4.69) is 5.32 Å². The van der Waals surface area contributed by atoms with Gasteiger partial charge in [-0.1, -0.05) is 30.3 Å². The number of carbonyl (C=O) groups is 1. The van der Waals surface area contributed by atoms with Gasteiger partial charge in [-0.15, -0.1) is 0 Å². The molecule has 0 bridgehead atoms. The lowest BCUT2D eigenvalue weighted by molar-refractivity contribution is -0.146. The fraction of sp³-hybridized carbons (Fsp3) is 0.500. The summed E-state index contributed by atoms with van der Waals surface area (Å²) < 4.78 is 5.09. The van der Waals surface area contributed by atoms with Gasteiger partial charge >= 0.3 is 5.97 Å². The lowest BCUT2D eigenvalue weighted by atomic mass is 9.88. The number of ether oxygens (including phenoxy) is 1. The maximum Gasteiger partial charge on any atom is 0.327 e. The van der Waals surface area contributed by atoms with Gasteiger partial charge < -0.3 is 9.84 Å². The molecule has 0 aromatic heterocycles. The van der Waals surface area contributed by atoms with Crippen molar-refractivity contribution in [3.05, 3.63) is 35.9 Å². The summed E-state index contributed by atoms with van der Waals surface area (Å²) in [7, 11) is 0. The summed E-state index contributed by atoms with van der Waals surface area (Å²) in [5, 5.41) is 12.5. The van der Waals surface area contributed by atoms with Crippen LogP contribution in [0, 0.1) is 0 Å². The van der Waals surface area contributed by atoms with Gasteiger partial charge in [0.2, 0.25) is 0 Å². The number of aliphatic hydroxyl groups excluding tert-OH is 1. The number of hydrogen-bond donors (Lipinski definition) is 2. The Morgan fingerprint density at radius 2 is 2.11 bits per heavy atom. The topological polar surface area (TPSA) is 58.6 Å². The first-order valence-electron chi connectivity index (χ1n) is 6.36. The van der Waals surface area contributed by atoms with E-state index in [9.17, 15) is 9.90 Å². The summed E-state index contributed by atoms with van der Waals surface area (Å²) in [4.78, 5) is 12.0. The standard InChI is InChI=1S/C14H19NO3/c1-2-18-14(17)13(10-6-4-3-5-7-10)15-11-8-12(16)9-11/h3-7,11-13,15-16H,2,8-9H2,1H3. The van der Waals surface area contributed by atoms with Crippen molar-refractivity contribution in [2.75, 3.05) is 6.61 Å². The van der Waals surface area contributed by atoms with Crippen LogP contribution < -0.4 is 5.32 Å². The Bertz CT molecular complexity index is 387. The second-order valence-electron chi connectivity index (χ2n) is 4.58. The normalized spacial score (nSPS) is 24.1. The van der Waals surface area contributed by atoms with Crippen LogP contribution in [0.4, 0.5) is 0 Å². The Labute approximate surface area is 107 Å². The van der Waals surface area contributed by atoms with E-state index in [-0.39, 0.29) is 18.1 Å². The Morgan fingerprint density at radius 1 is 1.44 bits per heavy atom. The SMILES string of the molecule is CCOC(=O)C(NC1CC(O)C1)c1ccccc1. The van der Waals surface area contributed by atoms with Crippen molar-refractivity contribution in [3.8, 4) is 0 Å². The van der Waals surface area contributed by atoms with Gasteiger partial charge in [0.25, 0.3) is 0 Å². The lowest BCUT2D eigenvalue weighted by Crippen LogP contribution is -2.47. The van der Waals surface area contributed by atoms with Crippen LogP contribution in [0.1, 0.15) is 31.4 Å². The maximum atomic E-state index is 12.0. The molecule has 0 heterocycles. The Balaban J connectivity index is 2.05. The first kappa shape index (κ1) is 13.1. The van der Waals surface area contributed by atoms with Gasteiger partial charge in [-0.25, -0.2) is 4.79 Å². The number of hydrogen-bond acceptors (Lipinski definition) is 4. The zero-order chi connectivity index (χ0) is 13.0. The largest absolute Gasteiger partial charge is 0.465 e. The van der Waals surface area contributed by atoms with Crippen LogP contribution in [0.3, 0.4) is 0 Å². The molecule has 0 saturated heterocycles. The molecule has 1 fully saturated rings. The Kier molecular flexibility index (Phi) is 4.33. The zero-order valence-electron chi connectivity index (χ0n) is 10.5. The van der Waals surface area contributed by atoms with Gasteiger partial charge in [-0.2, -0.15) is 0 Å². The van der Waals surface area contributed by atoms with E-state index < -0.39 is 6.04 Å². The first-order valence-corrected chi connectivity index (χ1v) is 6.36. The van der Waals surface area contributed by atoms with Crippen molar-refractivity contribution in [1.29, 1.82) is 0 Å². The molecule has 4 heteroatoms. The summed E-state index contributed by atoms with van der Waals surface area (Å²) >= 11 is 0. The minimum absolute atomic E-state index is 0.189. The minimum atomic E-state index is -0.441. The van der Waals surface area contributed by atoms with Crippen molar-refractivity contribution in [3.63, 3.8) is 0 Å². The van der Waals surface area contributed by atoms with Crippen molar-refractivity contribution >= 4 is 5.97 Å². The summed E-state index contributed by atoms with van der Waals surface area (Å²) in [6.45, 7) is 2.17. The molecule has 98 valence electrons. The van der Waals surface area contributed by atoms with Crippen LogP contribution in [0.25, 0.3) is 0 Å². The molecular weight excluding hydrogens is 230 g/mol. The average Bonchev–Trinajstić information content (AvgIpc) is 2.34. The van der Waals surface area contributed by atoms with Crippen molar-refractivity contribution in [2.24, 2.45) is 0 Å². The van der Waals surface area contributed by atoms with E-state index in [1.54, 1.807) is 6.92 Å². The van der Waals surface area contributed by atoms with E-state index in [1.807, 2.05) is 30.3 Å². The van der Waals surface area contributed by atoms with E-state index >= 15 is 0 Å². The van der Waals surface area contributed by atoms with E-state index in [4.69, 9.17) is 4.74 Å². The number of aliphatic hydroxyl groups is 1. The molecule has 18 heavy (non-hydrogen) atoms. The molecule has 0 spiro atoms. The predicted octanol–water partition coefficient (Wildman–Crippen LogP) is 1.40. The Hall–Kier alpha value is -1.39. The second kappa shape index (κ2) is 5.98. The van der Waals surface area contributed by atoms with Gasteiger partial charge in [-0.3, -0.25) is 5.32 Å². The maximum absolute atomic E-state index is 12.0. The van der Waals surface area contributed by atoms with E-state index in [1.165, 1.54) is 0 Å². The molecule has 0 radical (unpaired) electrons. The van der Waals surface area contributed by atoms with Crippen LogP contribution in [0.5, 0.6) is 0 Å². The minimum Gasteiger partial charge on any atom is -0.465 e. The Morgan fingerprint density at radius 3 is 2.67 bits per heavy atom. The van der Waals surface area contributed by atoms with Gasteiger partial charge in [0.1, 0.15) is 6.04 Å². The van der Waals surface area contributed by atoms with Gasteiger partial charge in [0.05, 0.1) is 12.7 Å². The highest BCUT2D eigenvalue weighted by Gasteiger charge is 2.32. The van der Waals surface area contributed by atoms with Crippen molar-refractivity contribution in [2.45, 2.75) is 38.0 Å². The third-order valence-corrected chi connectivity index (χ3v) is 3.17. The fourth-order valence-corrected chi connectivity index (χ4v) is 2.13. The first-order chi connectivity index (χ1) is 8.70. The summed E-state index contributed by atoms with van der Waals surface area (Å²) in [5.74, 6) is -0.259. The fourth-order valence-electron chi connectivity index (χ4n) is 2.13. The third-order valence-electron chi connectivity index (χ3n) is 3.17. The van der Waals surface area contributed by atoms with Gasteiger partial charge in [0.15, 0.2) is 0 Å². The van der Waals surface area contributed by atoms with Gasteiger partial charge in [0, 0.05) is 6.04 Å². The highest BCUT2D eigenvalue weighted by atomic mass is 16.5. The molecule has 1 aliphatic carbocycles. The summed E-state index contributed by atoms with van der Waals surface area (Å²) in [6, 6.07) is 9.28. The van der Waals surface area contributed by atoms with E-state index in [0.29, 0.717) is 19.4 Å². The van der Waals surface area contributed by atoms with Crippen molar-refractivity contribution in [1.82, 2.24) is 5.32 Å². The monoisotopic (exact) mass is 249 g/mol. The molecule has 1 atom stereocenters. The van der Waals surface area contributed by atoms with Crippen LogP contribution in [0.2, 0.25) is 0 Å². The van der Waals surface area contributed by atoms with Gasteiger partial charge in [-0.05, 0) is 25.3 Å². The zero-order valence-corrected chi connectivity index (χ0v) is 10.5. The second-order valence-corrected chi connectivity index (χ2v) is 4.58. The lowest BCUT2D eigenvalue weighted by Gasteiger charge is -2.34. The quantitative estimate of drug-likeness (QED) is 0.775. The molecule has 4 nitrogen and oxygen atoms in total. The number of carbonyl (C=O) groups excluding carboxylic acids is 1. The van der Waals surface area contributed by atoms with Crippen molar-refractivity contribution < 1.29 is 14.6 Å². The van der Waals surface area contributed by atoms with Crippen LogP contribution >= 0.6 is 0 Å². The average molecular weight is 249 g/mol. The number of benzene rings is 1.